The highest BCUT2D eigenvalue weighted by Gasteiger charge is 2.75. The summed E-state index contributed by atoms with van der Waals surface area (Å²) in [5.41, 5.74) is 1.80. The summed E-state index contributed by atoms with van der Waals surface area (Å²) in [5.74, 6) is -1.12. The Kier molecular flexibility index (Phi) is 8.74. The summed E-state index contributed by atoms with van der Waals surface area (Å²) in [6.45, 7) is 11.2. The van der Waals surface area contributed by atoms with E-state index in [1.54, 1.807) is 16.7 Å². The lowest BCUT2D eigenvalue weighted by atomic mass is 9.66. The number of anilines is 2. The fraction of sp³-hybridized carbons (Fsp3) is 0.679. The molecule has 0 radical (unpaired) electrons. The maximum atomic E-state index is 14.0. The predicted molar refractivity (Wildman–Crippen MR) is 149 cm³/mol. The van der Waals surface area contributed by atoms with E-state index in [0.717, 1.165) is 31.6 Å². The predicted octanol–water partition coefficient (Wildman–Crippen LogP) is 3.11. The van der Waals surface area contributed by atoms with E-state index in [-0.39, 0.29) is 35.5 Å². The van der Waals surface area contributed by atoms with Crippen LogP contribution in [0, 0.1) is 17.8 Å². The number of hydrogen-bond donors (Lipinski definition) is 3. The van der Waals surface area contributed by atoms with Crippen molar-refractivity contribution in [3.63, 3.8) is 0 Å². The number of amides is 3. The standard InChI is InChI=1S/C28H42N4O4S/c1-5-14-29-25(34)22-21-17-18(4)28(37-21)23(22)27(36)32(15-8-9-16-33)24(28)26(35)30-19-10-12-20(13-11-19)31(6-2)7-3/h10-13,18,21-24,33H,5-9,14-17H2,1-4H3,(H,29,34)(H,30,35)/t18?,21-,22+,23+,24?,28?/m1/s1. The lowest BCUT2D eigenvalue weighted by Crippen LogP contribution is -2.55. The summed E-state index contributed by atoms with van der Waals surface area (Å²) in [7, 11) is 0. The van der Waals surface area contributed by atoms with Crippen molar-refractivity contribution in [2.45, 2.75) is 69.4 Å². The fourth-order valence-corrected chi connectivity index (χ4v) is 9.10. The smallest absolute Gasteiger partial charge is 0.248 e. The normalized spacial score (nSPS) is 29.9. The van der Waals surface area contributed by atoms with Crippen molar-refractivity contribution in [2.75, 3.05) is 43.0 Å². The van der Waals surface area contributed by atoms with E-state index in [1.807, 2.05) is 31.2 Å². The van der Waals surface area contributed by atoms with E-state index in [9.17, 15) is 19.5 Å². The lowest BCUT2D eigenvalue weighted by molar-refractivity contribution is -0.139. The Hall–Kier alpha value is -2.26. The van der Waals surface area contributed by atoms with Gasteiger partial charge in [0.05, 0.1) is 16.6 Å². The molecule has 3 N–H and O–H groups in total. The van der Waals surface area contributed by atoms with Crippen LogP contribution in [0.15, 0.2) is 24.3 Å². The fourth-order valence-electron chi connectivity index (χ4n) is 6.68. The zero-order chi connectivity index (χ0) is 26.7. The largest absolute Gasteiger partial charge is 0.396 e. The lowest BCUT2D eigenvalue weighted by Gasteiger charge is -2.38. The summed E-state index contributed by atoms with van der Waals surface area (Å²) < 4.78 is -0.625. The SMILES string of the molecule is CCCNC(=O)[C@@H]1[C@H]2C(=O)N(CCCCO)C(C(=O)Nc3ccc(N(CC)CC)cc3)C23S[C@@H]1CC3C. The first-order chi connectivity index (χ1) is 17.8. The maximum absolute atomic E-state index is 14.0. The van der Waals surface area contributed by atoms with Crippen molar-refractivity contribution >= 4 is 40.9 Å². The Morgan fingerprint density at radius 1 is 1.14 bits per heavy atom. The number of carbonyl (C=O) groups excluding carboxylic acids is 3. The number of aliphatic hydroxyl groups excluding tert-OH is 1. The number of likely N-dealkylation sites (tertiary alicyclic amines) is 1. The molecule has 8 nitrogen and oxygen atoms in total. The average molecular weight is 531 g/mol. The van der Waals surface area contributed by atoms with Crippen LogP contribution < -0.4 is 15.5 Å². The monoisotopic (exact) mass is 530 g/mol. The highest BCUT2D eigenvalue weighted by atomic mass is 32.2. The molecule has 3 amide bonds. The third-order valence-corrected chi connectivity index (χ3v) is 10.5. The zero-order valence-electron chi connectivity index (χ0n) is 22.5. The number of nitrogens with zero attached hydrogens (tertiary/aromatic N) is 2. The zero-order valence-corrected chi connectivity index (χ0v) is 23.4. The van der Waals surface area contributed by atoms with Crippen molar-refractivity contribution in [2.24, 2.45) is 17.8 Å². The average Bonchev–Trinajstić information content (AvgIpc) is 3.48. The molecule has 3 aliphatic rings. The van der Waals surface area contributed by atoms with Crippen LogP contribution in [0.1, 0.15) is 53.4 Å². The van der Waals surface area contributed by atoms with Gasteiger partial charge >= 0.3 is 0 Å². The molecule has 9 heteroatoms. The Morgan fingerprint density at radius 2 is 1.84 bits per heavy atom. The number of benzene rings is 1. The number of aliphatic hydroxyl groups is 1. The third-order valence-electron chi connectivity index (χ3n) is 8.42. The van der Waals surface area contributed by atoms with Gasteiger partial charge in [-0.1, -0.05) is 13.8 Å². The van der Waals surface area contributed by atoms with E-state index in [0.29, 0.717) is 31.6 Å². The summed E-state index contributed by atoms with van der Waals surface area (Å²) in [6.07, 6.45) is 2.84. The molecule has 1 aromatic carbocycles. The van der Waals surface area contributed by atoms with E-state index in [2.05, 4.69) is 36.3 Å². The molecule has 0 saturated carbocycles. The first-order valence-corrected chi connectivity index (χ1v) is 14.7. The van der Waals surface area contributed by atoms with Crippen LogP contribution in [0.5, 0.6) is 0 Å². The molecular weight excluding hydrogens is 488 g/mol. The number of rotatable bonds is 12. The Balaban J connectivity index is 1.63. The van der Waals surface area contributed by atoms with Gasteiger partial charge in [-0.2, -0.15) is 0 Å². The molecule has 2 bridgehead atoms. The van der Waals surface area contributed by atoms with Crippen molar-refractivity contribution in [1.82, 2.24) is 10.2 Å². The second kappa shape index (κ2) is 11.6. The highest BCUT2D eigenvalue weighted by molar-refractivity contribution is 8.02. The summed E-state index contributed by atoms with van der Waals surface area (Å²) in [4.78, 5) is 45.1. The molecule has 3 aliphatic heterocycles. The topological polar surface area (TPSA) is 102 Å². The van der Waals surface area contributed by atoms with E-state index in [4.69, 9.17) is 0 Å². The molecule has 1 spiro atoms. The van der Waals surface area contributed by atoms with Gasteiger partial charge in [0.25, 0.3) is 0 Å². The van der Waals surface area contributed by atoms with Crippen molar-refractivity contribution in [3.05, 3.63) is 24.3 Å². The molecule has 3 fully saturated rings. The minimum absolute atomic E-state index is 0.0433. The number of hydrogen-bond acceptors (Lipinski definition) is 6. The Morgan fingerprint density at radius 3 is 2.46 bits per heavy atom. The van der Waals surface area contributed by atoms with Crippen LogP contribution in [0.4, 0.5) is 11.4 Å². The first kappa shape index (κ1) is 27.8. The summed E-state index contributed by atoms with van der Waals surface area (Å²) in [5, 5.41) is 15.5. The maximum Gasteiger partial charge on any atom is 0.248 e. The van der Waals surface area contributed by atoms with Gasteiger partial charge in [0.15, 0.2) is 0 Å². The minimum Gasteiger partial charge on any atom is -0.396 e. The van der Waals surface area contributed by atoms with Gasteiger partial charge in [-0.3, -0.25) is 14.4 Å². The molecule has 0 aromatic heterocycles. The summed E-state index contributed by atoms with van der Waals surface area (Å²) in [6, 6.07) is 7.19. The minimum atomic E-state index is -0.653. The second-order valence-electron chi connectivity index (χ2n) is 10.5. The summed E-state index contributed by atoms with van der Waals surface area (Å²) >= 11 is 1.69. The molecule has 3 heterocycles. The van der Waals surface area contributed by atoms with Crippen LogP contribution >= 0.6 is 11.8 Å². The van der Waals surface area contributed by atoms with Crippen LogP contribution in [0.3, 0.4) is 0 Å². The molecule has 1 aromatic rings. The van der Waals surface area contributed by atoms with Crippen molar-refractivity contribution in [3.8, 4) is 0 Å². The van der Waals surface area contributed by atoms with E-state index >= 15 is 0 Å². The van der Waals surface area contributed by atoms with Gasteiger partial charge in [-0.25, -0.2) is 0 Å². The van der Waals surface area contributed by atoms with Gasteiger partial charge in [0.1, 0.15) is 6.04 Å². The van der Waals surface area contributed by atoms with Gasteiger partial charge in [-0.15, -0.1) is 11.8 Å². The van der Waals surface area contributed by atoms with Crippen LogP contribution in [-0.2, 0) is 14.4 Å². The van der Waals surface area contributed by atoms with Crippen LogP contribution in [0.2, 0.25) is 0 Å². The van der Waals surface area contributed by atoms with Crippen molar-refractivity contribution < 1.29 is 19.5 Å². The quantitative estimate of drug-likeness (QED) is 0.359. The molecule has 3 unspecified atom stereocenters. The van der Waals surface area contributed by atoms with E-state index < -0.39 is 22.6 Å². The van der Waals surface area contributed by atoms with Gasteiger partial charge < -0.3 is 25.5 Å². The van der Waals surface area contributed by atoms with Crippen LogP contribution in [-0.4, -0.2) is 76.6 Å². The molecule has 204 valence electrons. The van der Waals surface area contributed by atoms with Crippen LogP contribution in [0.25, 0.3) is 0 Å². The van der Waals surface area contributed by atoms with E-state index in [1.165, 1.54) is 0 Å². The molecule has 6 atom stereocenters. The third kappa shape index (κ3) is 4.85. The molecule has 0 aliphatic carbocycles. The Labute approximate surface area is 224 Å². The number of nitrogens with one attached hydrogen (secondary N) is 2. The number of thioether (sulfide) groups is 1. The van der Waals surface area contributed by atoms with Crippen molar-refractivity contribution in [1.29, 1.82) is 0 Å². The number of carbonyl (C=O) groups is 3. The highest BCUT2D eigenvalue weighted by Crippen LogP contribution is 2.68. The number of fused-ring (bicyclic) bond motifs is 1. The Bertz CT molecular complexity index is 985. The second-order valence-corrected chi connectivity index (χ2v) is 12.1. The molecular formula is C28H42N4O4S. The van der Waals surface area contributed by atoms with Gasteiger partial charge in [-0.05, 0) is 69.7 Å². The molecule has 3 saturated heterocycles. The van der Waals surface area contributed by atoms with Gasteiger partial charge in [0.2, 0.25) is 17.7 Å². The molecule has 4 rings (SSSR count). The van der Waals surface area contributed by atoms with Gasteiger partial charge in [0, 0.05) is 49.4 Å². The molecule has 37 heavy (non-hydrogen) atoms. The number of unbranched alkanes of at least 4 members (excludes halogenated alkanes) is 1. The first-order valence-electron chi connectivity index (χ1n) is 13.9.